The van der Waals surface area contributed by atoms with Crippen LogP contribution in [0.1, 0.15) is 20.3 Å². The van der Waals surface area contributed by atoms with Crippen LogP contribution in [0, 0.1) is 16.0 Å². The maximum atomic E-state index is 10.8. The highest BCUT2D eigenvalue weighted by Crippen LogP contribution is 2.26. The van der Waals surface area contributed by atoms with E-state index in [1.807, 2.05) is 0 Å². The summed E-state index contributed by atoms with van der Waals surface area (Å²) < 4.78 is 0. The number of hydrogen-bond donors (Lipinski definition) is 2. The molecule has 0 aromatic heterocycles. The van der Waals surface area contributed by atoms with Gasteiger partial charge in [-0.05, 0) is 24.5 Å². The fourth-order valence-corrected chi connectivity index (χ4v) is 1.34. The van der Waals surface area contributed by atoms with E-state index in [0.29, 0.717) is 17.3 Å². The number of nitro benzene ring substituents is 1. The fourth-order valence-electron chi connectivity index (χ4n) is 1.34. The molecule has 1 aromatic carbocycles. The zero-order chi connectivity index (χ0) is 12.1. The van der Waals surface area contributed by atoms with Crippen LogP contribution in [0.25, 0.3) is 0 Å². The molecular formula is C11H17N3O2. The molecule has 1 aromatic rings. The van der Waals surface area contributed by atoms with Gasteiger partial charge in [-0.1, -0.05) is 13.8 Å². The second-order valence-corrected chi connectivity index (χ2v) is 4.14. The van der Waals surface area contributed by atoms with Gasteiger partial charge in [0.05, 0.1) is 4.92 Å². The molecule has 0 aliphatic carbocycles. The molecule has 0 radical (unpaired) electrons. The Balaban J connectivity index is 2.75. The van der Waals surface area contributed by atoms with E-state index in [1.54, 1.807) is 12.1 Å². The Kier molecular flexibility index (Phi) is 4.10. The van der Waals surface area contributed by atoms with Gasteiger partial charge in [-0.25, -0.2) is 0 Å². The van der Waals surface area contributed by atoms with Crippen LogP contribution >= 0.6 is 0 Å². The Hall–Kier alpha value is -1.78. The lowest BCUT2D eigenvalue weighted by Gasteiger charge is -2.09. The Bertz CT molecular complexity index is 377. The van der Waals surface area contributed by atoms with Gasteiger partial charge in [0.1, 0.15) is 5.69 Å². The van der Waals surface area contributed by atoms with Gasteiger partial charge in [-0.3, -0.25) is 10.1 Å². The van der Waals surface area contributed by atoms with Crippen LogP contribution in [0.3, 0.4) is 0 Å². The number of nitro groups is 1. The topological polar surface area (TPSA) is 81.2 Å². The highest BCUT2D eigenvalue weighted by molar-refractivity contribution is 5.66. The minimum atomic E-state index is -0.423. The summed E-state index contributed by atoms with van der Waals surface area (Å²) in [6.45, 7) is 4.95. The molecule has 16 heavy (non-hydrogen) atoms. The summed E-state index contributed by atoms with van der Waals surface area (Å²) in [5.74, 6) is 0.570. The molecule has 0 unspecified atom stereocenters. The van der Waals surface area contributed by atoms with Crippen LogP contribution in [-0.2, 0) is 0 Å². The van der Waals surface area contributed by atoms with Crippen molar-refractivity contribution >= 4 is 17.1 Å². The summed E-state index contributed by atoms with van der Waals surface area (Å²) in [6.07, 6.45) is 0.974. The molecule has 0 atom stereocenters. The maximum absolute atomic E-state index is 10.8. The lowest BCUT2D eigenvalue weighted by atomic mass is 10.1. The molecule has 0 spiro atoms. The zero-order valence-corrected chi connectivity index (χ0v) is 9.56. The zero-order valence-electron chi connectivity index (χ0n) is 9.56. The van der Waals surface area contributed by atoms with Crippen LogP contribution in [0.5, 0.6) is 0 Å². The molecule has 0 aliphatic heterocycles. The van der Waals surface area contributed by atoms with Crippen molar-refractivity contribution in [3.63, 3.8) is 0 Å². The minimum Gasteiger partial charge on any atom is -0.399 e. The van der Waals surface area contributed by atoms with Gasteiger partial charge in [0.2, 0.25) is 0 Å². The van der Waals surface area contributed by atoms with Gasteiger partial charge in [0.25, 0.3) is 5.69 Å². The minimum absolute atomic E-state index is 0.0313. The summed E-state index contributed by atoms with van der Waals surface area (Å²) in [6, 6.07) is 4.68. The number of nitrogens with zero attached hydrogens (tertiary/aromatic N) is 1. The molecule has 0 aliphatic rings. The molecular weight excluding hydrogens is 206 g/mol. The number of benzene rings is 1. The van der Waals surface area contributed by atoms with Crippen LogP contribution < -0.4 is 11.1 Å². The average Bonchev–Trinajstić information content (AvgIpc) is 2.19. The summed E-state index contributed by atoms with van der Waals surface area (Å²) >= 11 is 0. The Morgan fingerprint density at radius 3 is 2.75 bits per heavy atom. The highest BCUT2D eigenvalue weighted by Gasteiger charge is 2.13. The molecule has 0 bridgehead atoms. The molecule has 0 amide bonds. The maximum Gasteiger partial charge on any atom is 0.294 e. The van der Waals surface area contributed by atoms with Gasteiger partial charge in [-0.15, -0.1) is 0 Å². The quantitative estimate of drug-likeness (QED) is 0.456. The first-order valence-corrected chi connectivity index (χ1v) is 5.28. The second kappa shape index (κ2) is 5.34. The van der Waals surface area contributed by atoms with E-state index in [-0.39, 0.29) is 5.69 Å². The number of nitrogens with two attached hydrogens (primary N) is 1. The Morgan fingerprint density at radius 2 is 2.19 bits per heavy atom. The predicted molar refractivity (Wildman–Crippen MR) is 65.5 cm³/mol. The van der Waals surface area contributed by atoms with Gasteiger partial charge in [0.15, 0.2) is 0 Å². The first-order valence-electron chi connectivity index (χ1n) is 5.28. The molecule has 3 N–H and O–H groups in total. The second-order valence-electron chi connectivity index (χ2n) is 4.14. The number of anilines is 2. The molecule has 0 saturated carbocycles. The molecule has 0 fully saturated rings. The van der Waals surface area contributed by atoms with Crippen molar-refractivity contribution in [2.45, 2.75) is 20.3 Å². The van der Waals surface area contributed by atoms with Crippen molar-refractivity contribution in [1.82, 2.24) is 0 Å². The largest absolute Gasteiger partial charge is 0.399 e. The van der Waals surface area contributed by atoms with Gasteiger partial charge in [-0.2, -0.15) is 0 Å². The van der Waals surface area contributed by atoms with Crippen molar-refractivity contribution in [2.24, 2.45) is 5.92 Å². The van der Waals surface area contributed by atoms with Gasteiger partial charge >= 0.3 is 0 Å². The molecule has 1 rings (SSSR count). The van der Waals surface area contributed by atoms with E-state index in [0.717, 1.165) is 13.0 Å². The van der Waals surface area contributed by atoms with Crippen LogP contribution in [0.15, 0.2) is 18.2 Å². The predicted octanol–water partition coefficient (Wildman–Crippen LogP) is 2.63. The van der Waals surface area contributed by atoms with Crippen LogP contribution in [-0.4, -0.2) is 11.5 Å². The fraction of sp³-hybridized carbons (Fsp3) is 0.455. The number of nitrogens with one attached hydrogen (secondary N) is 1. The van der Waals surface area contributed by atoms with Crippen LogP contribution in [0.4, 0.5) is 17.1 Å². The average molecular weight is 223 g/mol. The standard InChI is InChI=1S/C11H17N3O2/c1-8(2)5-6-13-10-4-3-9(12)7-11(10)14(15)16/h3-4,7-8,13H,5-6,12H2,1-2H3. The SMILES string of the molecule is CC(C)CCNc1ccc(N)cc1[N+](=O)[O-]. The van der Waals surface area contributed by atoms with Gasteiger partial charge < -0.3 is 11.1 Å². The third-order valence-corrected chi connectivity index (χ3v) is 2.26. The highest BCUT2D eigenvalue weighted by atomic mass is 16.6. The normalized spacial score (nSPS) is 10.4. The Labute approximate surface area is 94.8 Å². The van der Waals surface area contributed by atoms with E-state index in [1.165, 1.54) is 6.07 Å². The summed E-state index contributed by atoms with van der Waals surface area (Å²) in [5, 5.41) is 13.8. The first-order chi connectivity index (χ1) is 7.50. The molecule has 5 heteroatoms. The number of rotatable bonds is 5. The Morgan fingerprint density at radius 1 is 1.50 bits per heavy atom. The van der Waals surface area contributed by atoms with Crippen molar-refractivity contribution in [2.75, 3.05) is 17.6 Å². The monoisotopic (exact) mass is 223 g/mol. The molecule has 0 heterocycles. The van der Waals surface area contributed by atoms with E-state index in [2.05, 4.69) is 19.2 Å². The van der Waals surface area contributed by atoms with E-state index < -0.39 is 4.92 Å². The van der Waals surface area contributed by atoms with Crippen molar-refractivity contribution in [1.29, 1.82) is 0 Å². The smallest absolute Gasteiger partial charge is 0.294 e. The number of hydrogen-bond acceptors (Lipinski definition) is 4. The summed E-state index contributed by atoms with van der Waals surface area (Å²) in [7, 11) is 0. The van der Waals surface area contributed by atoms with Crippen LogP contribution in [0.2, 0.25) is 0 Å². The van der Waals surface area contributed by atoms with Crippen molar-refractivity contribution in [3.8, 4) is 0 Å². The van der Waals surface area contributed by atoms with E-state index >= 15 is 0 Å². The molecule has 0 saturated heterocycles. The third kappa shape index (κ3) is 3.42. The lowest BCUT2D eigenvalue weighted by molar-refractivity contribution is -0.383. The summed E-state index contributed by atoms with van der Waals surface area (Å²) in [5.41, 5.74) is 6.47. The van der Waals surface area contributed by atoms with E-state index in [4.69, 9.17) is 5.73 Å². The van der Waals surface area contributed by atoms with Crippen molar-refractivity contribution < 1.29 is 4.92 Å². The molecule has 88 valence electrons. The van der Waals surface area contributed by atoms with Crippen molar-refractivity contribution in [3.05, 3.63) is 28.3 Å². The number of nitrogen functional groups attached to an aromatic ring is 1. The van der Waals surface area contributed by atoms with Gasteiger partial charge in [0, 0.05) is 18.3 Å². The third-order valence-electron chi connectivity index (χ3n) is 2.26. The lowest BCUT2D eigenvalue weighted by Crippen LogP contribution is -2.07. The van der Waals surface area contributed by atoms with E-state index in [9.17, 15) is 10.1 Å². The summed E-state index contributed by atoms with van der Waals surface area (Å²) in [4.78, 5) is 10.4. The first kappa shape index (κ1) is 12.3. The molecule has 5 nitrogen and oxygen atoms in total.